The number of rotatable bonds is 5. The van der Waals surface area contributed by atoms with Crippen molar-refractivity contribution in [2.24, 2.45) is 0 Å². The Morgan fingerprint density at radius 1 is 0.906 bits per heavy atom. The van der Waals surface area contributed by atoms with E-state index in [4.69, 9.17) is 5.26 Å². The number of nitriles is 1. The van der Waals surface area contributed by atoms with Crippen LogP contribution in [0.3, 0.4) is 0 Å². The summed E-state index contributed by atoms with van der Waals surface area (Å²) in [5, 5.41) is 17.1. The molecule has 0 saturated heterocycles. The van der Waals surface area contributed by atoms with Gasteiger partial charge in [0.05, 0.1) is 34.1 Å². The maximum Gasteiger partial charge on any atom is 0.573 e. The lowest BCUT2D eigenvalue weighted by Crippen LogP contribution is -2.20. The zero-order chi connectivity index (χ0) is 22.9. The molecule has 0 atom stereocenters. The van der Waals surface area contributed by atoms with Gasteiger partial charge < -0.3 is 15.4 Å². The van der Waals surface area contributed by atoms with Crippen molar-refractivity contribution in [1.29, 1.82) is 5.26 Å². The van der Waals surface area contributed by atoms with E-state index in [1.165, 1.54) is 18.2 Å². The van der Waals surface area contributed by atoms with Crippen LogP contribution in [-0.2, 0) is 0 Å². The average Bonchev–Trinajstić information content (AvgIpc) is 3.03. The van der Waals surface area contributed by atoms with E-state index in [9.17, 15) is 22.8 Å². The Labute approximate surface area is 179 Å². The Bertz CT molecular complexity index is 1260. The van der Waals surface area contributed by atoms with Crippen molar-refractivity contribution in [3.05, 3.63) is 77.4 Å². The number of alkyl halides is 3. The van der Waals surface area contributed by atoms with Gasteiger partial charge in [-0.05, 0) is 48.5 Å². The molecule has 0 aliphatic carbocycles. The lowest BCUT2D eigenvalue weighted by molar-refractivity contribution is -0.274. The highest BCUT2D eigenvalue weighted by Crippen LogP contribution is 2.37. The molecule has 3 aromatic rings. The molecule has 32 heavy (non-hydrogen) atoms. The number of nitrogens with zero attached hydrogens (tertiary/aromatic N) is 1. The lowest BCUT2D eigenvalue weighted by Gasteiger charge is -2.17. The van der Waals surface area contributed by atoms with E-state index in [1.807, 2.05) is 6.07 Å². The molecule has 2 amide bonds. The van der Waals surface area contributed by atoms with Crippen LogP contribution in [0.25, 0.3) is 0 Å². The number of amides is 2. The number of carbonyl (C=O) groups is 2. The largest absolute Gasteiger partial charge is 0.573 e. The molecule has 0 saturated carbocycles. The zero-order valence-corrected chi connectivity index (χ0v) is 16.1. The van der Waals surface area contributed by atoms with Gasteiger partial charge in [0.1, 0.15) is 5.75 Å². The van der Waals surface area contributed by atoms with Gasteiger partial charge in [-0.15, -0.1) is 13.2 Å². The maximum atomic E-state index is 12.6. The lowest BCUT2D eigenvalue weighted by atomic mass is 10.0. The first-order valence-electron chi connectivity index (χ1n) is 9.16. The maximum absolute atomic E-state index is 12.6. The smallest absolute Gasteiger partial charge is 0.406 e. The van der Waals surface area contributed by atoms with Gasteiger partial charge in [0.2, 0.25) is 0 Å². The van der Waals surface area contributed by atoms with Crippen molar-refractivity contribution in [1.82, 2.24) is 5.32 Å². The molecule has 160 valence electrons. The summed E-state index contributed by atoms with van der Waals surface area (Å²) in [6.07, 6.45) is -4.86. The van der Waals surface area contributed by atoms with E-state index in [-0.39, 0.29) is 22.5 Å². The molecule has 0 fully saturated rings. The van der Waals surface area contributed by atoms with Gasteiger partial charge in [-0.3, -0.25) is 14.9 Å². The van der Waals surface area contributed by atoms with E-state index in [1.54, 1.807) is 30.3 Å². The topological polar surface area (TPSA) is 103 Å². The summed E-state index contributed by atoms with van der Waals surface area (Å²) in [5.74, 6) is -1.66. The third kappa shape index (κ3) is 4.32. The number of hydrogen-bond donors (Lipinski definition) is 3. The van der Waals surface area contributed by atoms with E-state index in [0.29, 0.717) is 16.9 Å². The number of nitrogens with one attached hydrogen (secondary N) is 3. The molecular weight excluding hydrogens is 425 g/mol. The van der Waals surface area contributed by atoms with Gasteiger partial charge in [-0.1, -0.05) is 6.07 Å². The minimum absolute atomic E-state index is 0.0517. The minimum atomic E-state index is -4.86. The van der Waals surface area contributed by atoms with Crippen LogP contribution in [0.5, 0.6) is 5.75 Å². The van der Waals surface area contributed by atoms with Gasteiger partial charge in [0.15, 0.2) is 0 Å². The minimum Gasteiger partial charge on any atom is -0.406 e. The molecule has 0 spiro atoms. The monoisotopic (exact) mass is 438 g/mol. The molecule has 4 rings (SSSR count). The fourth-order valence-electron chi connectivity index (χ4n) is 3.19. The quantitative estimate of drug-likeness (QED) is 0.493. The molecule has 0 unspecified atom stereocenters. The highest BCUT2D eigenvalue weighted by molar-refractivity contribution is 6.25. The van der Waals surface area contributed by atoms with Gasteiger partial charge in [0, 0.05) is 17.4 Å². The molecule has 3 aromatic carbocycles. The Balaban J connectivity index is 1.74. The van der Waals surface area contributed by atoms with E-state index in [0.717, 1.165) is 12.1 Å². The number of benzene rings is 3. The Hall–Kier alpha value is -4.52. The van der Waals surface area contributed by atoms with Gasteiger partial charge in [-0.25, -0.2) is 0 Å². The van der Waals surface area contributed by atoms with Crippen molar-refractivity contribution in [3.8, 4) is 11.8 Å². The molecule has 0 radical (unpaired) electrons. The third-order valence-electron chi connectivity index (χ3n) is 4.53. The van der Waals surface area contributed by atoms with Crippen LogP contribution in [0.1, 0.15) is 26.3 Å². The Kier molecular flexibility index (Phi) is 5.16. The fourth-order valence-corrected chi connectivity index (χ4v) is 3.19. The number of ether oxygens (including phenoxy) is 1. The number of halogens is 3. The van der Waals surface area contributed by atoms with Crippen LogP contribution in [0.15, 0.2) is 60.7 Å². The summed E-state index contributed by atoms with van der Waals surface area (Å²) in [6, 6.07) is 16.6. The van der Waals surface area contributed by atoms with Crippen LogP contribution in [0, 0.1) is 11.3 Å². The van der Waals surface area contributed by atoms with Gasteiger partial charge in [-0.2, -0.15) is 5.26 Å². The summed E-state index contributed by atoms with van der Waals surface area (Å²) >= 11 is 0. The van der Waals surface area contributed by atoms with Crippen LogP contribution in [0.2, 0.25) is 0 Å². The zero-order valence-electron chi connectivity index (χ0n) is 16.1. The first-order valence-corrected chi connectivity index (χ1v) is 9.16. The van der Waals surface area contributed by atoms with Gasteiger partial charge in [0.25, 0.3) is 11.8 Å². The highest BCUT2D eigenvalue weighted by Gasteiger charge is 2.32. The number of hydrogen-bond acceptors (Lipinski definition) is 6. The molecule has 7 nitrogen and oxygen atoms in total. The van der Waals surface area contributed by atoms with Crippen LogP contribution in [-0.4, -0.2) is 18.2 Å². The van der Waals surface area contributed by atoms with Gasteiger partial charge >= 0.3 is 6.36 Å². The SMILES string of the molecule is N#Cc1ccc(Nc2ccc3c(c2Nc2cccc(OC(F)(F)F)c2)C(=O)NC3=O)cc1. The van der Waals surface area contributed by atoms with Crippen LogP contribution in [0.4, 0.5) is 35.9 Å². The first-order chi connectivity index (χ1) is 15.2. The van der Waals surface area contributed by atoms with Crippen LogP contribution < -0.4 is 20.7 Å². The van der Waals surface area contributed by atoms with Crippen molar-refractivity contribution in [2.45, 2.75) is 6.36 Å². The molecule has 1 aliphatic rings. The second-order valence-corrected chi connectivity index (χ2v) is 6.71. The van der Waals surface area contributed by atoms with Crippen molar-refractivity contribution >= 4 is 34.6 Å². The fraction of sp³-hybridized carbons (Fsp3) is 0.0455. The molecule has 3 N–H and O–H groups in total. The predicted molar refractivity (Wildman–Crippen MR) is 109 cm³/mol. The normalized spacial score (nSPS) is 12.6. The van der Waals surface area contributed by atoms with Crippen molar-refractivity contribution in [3.63, 3.8) is 0 Å². The molecular formula is C22H13F3N4O3. The summed E-state index contributed by atoms with van der Waals surface area (Å²) in [4.78, 5) is 24.5. The van der Waals surface area contributed by atoms with E-state index < -0.39 is 23.9 Å². The second-order valence-electron chi connectivity index (χ2n) is 6.71. The summed E-state index contributed by atoms with van der Waals surface area (Å²) in [6.45, 7) is 0. The molecule has 1 aliphatic heterocycles. The average molecular weight is 438 g/mol. The number of imide groups is 1. The predicted octanol–water partition coefficient (Wildman–Crippen LogP) is 4.83. The Morgan fingerprint density at radius 2 is 1.66 bits per heavy atom. The molecule has 1 heterocycles. The summed E-state index contributed by atoms with van der Waals surface area (Å²) < 4.78 is 41.7. The number of carbonyl (C=O) groups excluding carboxylic acids is 2. The standard InChI is InChI=1S/C22H13F3N4O3/c23-22(24,25)32-15-3-1-2-14(10-15)28-19-17(27-13-6-4-12(11-26)5-7-13)9-8-16-18(19)21(31)29-20(16)30/h1-10,27-28H,(H,29,30,31). The highest BCUT2D eigenvalue weighted by atomic mass is 19.4. The summed E-state index contributed by atoms with van der Waals surface area (Å²) in [5.41, 5.74) is 2.01. The van der Waals surface area contributed by atoms with E-state index in [2.05, 4.69) is 20.7 Å². The molecule has 0 bridgehead atoms. The molecule has 0 aromatic heterocycles. The third-order valence-corrected chi connectivity index (χ3v) is 4.53. The van der Waals surface area contributed by atoms with Crippen molar-refractivity contribution < 1.29 is 27.5 Å². The Morgan fingerprint density at radius 3 is 2.34 bits per heavy atom. The van der Waals surface area contributed by atoms with Crippen molar-refractivity contribution in [2.75, 3.05) is 10.6 Å². The summed E-state index contributed by atoms with van der Waals surface area (Å²) in [7, 11) is 0. The number of anilines is 4. The van der Waals surface area contributed by atoms with Crippen LogP contribution >= 0.6 is 0 Å². The first kappa shape index (κ1) is 20.7. The van der Waals surface area contributed by atoms with E-state index >= 15 is 0 Å². The second kappa shape index (κ2) is 7.96. The number of fused-ring (bicyclic) bond motifs is 1. The molecule has 10 heteroatoms.